The average molecular weight is 390 g/mol. The highest BCUT2D eigenvalue weighted by Crippen LogP contribution is 2.31. The quantitative estimate of drug-likeness (QED) is 0.741. The van der Waals surface area contributed by atoms with Crippen molar-refractivity contribution in [2.45, 2.75) is 0 Å². The van der Waals surface area contributed by atoms with Crippen LogP contribution in [0.4, 0.5) is 5.82 Å². The van der Waals surface area contributed by atoms with Crippen LogP contribution in [0, 0.1) is 0 Å². The number of amides is 1. The third kappa shape index (κ3) is 6.94. The molecule has 0 saturated carbocycles. The van der Waals surface area contributed by atoms with E-state index in [-0.39, 0.29) is 19.1 Å². The van der Waals surface area contributed by atoms with Crippen LogP contribution in [0.15, 0.2) is 23.6 Å². The molecule has 1 aromatic heterocycles. The minimum absolute atomic E-state index is 0.131. The number of halogens is 2. The van der Waals surface area contributed by atoms with Gasteiger partial charge in [-0.3, -0.25) is 4.79 Å². The number of nitrogens with one attached hydrogen (secondary N) is 2. The fourth-order valence-corrected chi connectivity index (χ4v) is 2.56. The number of benzene rings is 1. The van der Waals surface area contributed by atoms with E-state index in [4.69, 9.17) is 23.2 Å². The first kappa shape index (κ1) is 20.5. The molecule has 1 amide bonds. The van der Waals surface area contributed by atoms with Crippen molar-refractivity contribution < 1.29 is 14.3 Å². The second-order valence-electron chi connectivity index (χ2n) is 4.37. The average Bonchev–Trinajstić information content (AvgIpc) is 3.00. The first-order chi connectivity index (χ1) is 11.5. The molecule has 2 aromatic rings. The number of anilines is 1. The summed E-state index contributed by atoms with van der Waals surface area (Å²) >= 11 is 13.3. The zero-order valence-electron chi connectivity index (χ0n) is 13.1. The molecule has 2 N–H and O–H groups in total. The topological polar surface area (TPSA) is 80.3 Å². The Balaban J connectivity index is 0.000000505. The fourth-order valence-electron chi connectivity index (χ4n) is 1.51. The van der Waals surface area contributed by atoms with Crippen LogP contribution in [-0.4, -0.2) is 44.5 Å². The molecular formula is C15H17Cl2N3O3S. The van der Waals surface area contributed by atoms with Gasteiger partial charge in [-0.15, -0.1) is 11.3 Å². The molecule has 0 radical (unpaired) electrons. The molecule has 0 bridgehead atoms. The normalized spacial score (nSPS) is 9.83. The standard InChI is InChI=1S/C12H11Cl2N3OS.C3H6O2/c1-15-5-11(18)16-10-6-19-12(17-10)7-2-3-8(13)9(14)4-7;1-5-3-2-4/h2-4,6,15H,5H2,1H3,(H,16,18);2H,3H2,1H3. The summed E-state index contributed by atoms with van der Waals surface area (Å²) in [5.74, 6) is 0.403. The third-order valence-corrected chi connectivity index (χ3v) is 4.14. The summed E-state index contributed by atoms with van der Waals surface area (Å²) in [6.07, 6.45) is 0.708. The second-order valence-corrected chi connectivity index (χ2v) is 6.04. The zero-order valence-corrected chi connectivity index (χ0v) is 15.5. The highest BCUT2D eigenvalue weighted by atomic mass is 35.5. The van der Waals surface area contributed by atoms with E-state index in [0.717, 1.165) is 10.6 Å². The number of likely N-dealkylation sites (N-methyl/N-ethyl adjacent to an activating group) is 1. The van der Waals surface area contributed by atoms with Gasteiger partial charge < -0.3 is 20.2 Å². The van der Waals surface area contributed by atoms with Crippen LogP contribution in [0.5, 0.6) is 0 Å². The first-order valence-electron chi connectivity index (χ1n) is 6.79. The molecule has 1 heterocycles. The summed E-state index contributed by atoms with van der Waals surface area (Å²) < 4.78 is 4.32. The predicted molar refractivity (Wildman–Crippen MR) is 98.1 cm³/mol. The van der Waals surface area contributed by atoms with E-state index >= 15 is 0 Å². The zero-order chi connectivity index (χ0) is 17.9. The number of carbonyl (C=O) groups excluding carboxylic acids is 2. The molecule has 1 aromatic carbocycles. The SMILES string of the molecule is CNCC(=O)Nc1csc(-c2ccc(Cl)c(Cl)c2)n1.COCC=O. The van der Waals surface area contributed by atoms with Gasteiger partial charge in [0.25, 0.3) is 0 Å². The van der Waals surface area contributed by atoms with E-state index in [1.54, 1.807) is 24.6 Å². The molecule has 9 heteroatoms. The highest BCUT2D eigenvalue weighted by Gasteiger charge is 2.08. The van der Waals surface area contributed by atoms with Gasteiger partial charge in [0.1, 0.15) is 23.7 Å². The van der Waals surface area contributed by atoms with Gasteiger partial charge >= 0.3 is 0 Å². The Morgan fingerprint density at radius 1 is 1.38 bits per heavy atom. The largest absolute Gasteiger partial charge is 0.377 e. The Labute approximate surface area is 154 Å². The van der Waals surface area contributed by atoms with Crippen molar-refractivity contribution >= 4 is 52.5 Å². The molecule has 0 spiro atoms. The molecule has 130 valence electrons. The molecular weight excluding hydrogens is 373 g/mol. The first-order valence-corrected chi connectivity index (χ1v) is 8.43. The number of carbonyl (C=O) groups is 2. The van der Waals surface area contributed by atoms with Crippen molar-refractivity contribution in [3.63, 3.8) is 0 Å². The van der Waals surface area contributed by atoms with E-state index in [0.29, 0.717) is 22.1 Å². The molecule has 0 fully saturated rings. The summed E-state index contributed by atoms with van der Waals surface area (Å²) in [6.45, 7) is 0.458. The Kier molecular flexibility index (Phi) is 9.51. The van der Waals surface area contributed by atoms with Gasteiger partial charge in [0.2, 0.25) is 5.91 Å². The van der Waals surface area contributed by atoms with Crippen LogP contribution in [0.1, 0.15) is 0 Å². The van der Waals surface area contributed by atoms with Crippen LogP contribution in [-0.2, 0) is 14.3 Å². The lowest BCUT2D eigenvalue weighted by molar-refractivity contribution is -0.115. The van der Waals surface area contributed by atoms with Crippen molar-refractivity contribution in [2.24, 2.45) is 0 Å². The number of rotatable bonds is 6. The fraction of sp³-hybridized carbons (Fsp3) is 0.267. The summed E-state index contributed by atoms with van der Waals surface area (Å²) in [4.78, 5) is 25.0. The van der Waals surface area contributed by atoms with Crippen LogP contribution >= 0.6 is 34.5 Å². The van der Waals surface area contributed by atoms with Crippen molar-refractivity contribution in [3.05, 3.63) is 33.6 Å². The number of thiazole rings is 1. The molecule has 24 heavy (non-hydrogen) atoms. The number of nitrogens with zero attached hydrogens (tertiary/aromatic N) is 1. The lowest BCUT2D eigenvalue weighted by Crippen LogP contribution is -2.25. The van der Waals surface area contributed by atoms with Gasteiger partial charge in [0.15, 0.2) is 0 Å². The highest BCUT2D eigenvalue weighted by molar-refractivity contribution is 7.13. The summed E-state index contributed by atoms with van der Waals surface area (Å²) in [6, 6.07) is 5.31. The smallest absolute Gasteiger partial charge is 0.239 e. The number of methoxy groups -OCH3 is 1. The van der Waals surface area contributed by atoms with Gasteiger partial charge in [0.05, 0.1) is 16.6 Å². The van der Waals surface area contributed by atoms with Crippen molar-refractivity contribution in [1.82, 2.24) is 10.3 Å². The van der Waals surface area contributed by atoms with E-state index < -0.39 is 0 Å². The van der Waals surface area contributed by atoms with Crippen LogP contribution < -0.4 is 10.6 Å². The Bertz CT molecular complexity index is 680. The molecule has 6 nitrogen and oxygen atoms in total. The number of aldehydes is 1. The molecule has 0 unspecified atom stereocenters. The van der Waals surface area contributed by atoms with Crippen LogP contribution in [0.2, 0.25) is 10.0 Å². The number of hydrogen-bond acceptors (Lipinski definition) is 6. The van der Waals surface area contributed by atoms with E-state index in [2.05, 4.69) is 20.4 Å². The van der Waals surface area contributed by atoms with Crippen molar-refractivity contribution in [3.8, 4) is 10.6 Å². The molecule has 0 aliphatic heterocycles. The number of hydrogen-bond donors (Lipinski definition) is 2. The lowest BCUT2D eigenvalue weighted by atomic mass is 10.2. The van der Waals surface area contributed by atoms with E-state index in [9.17, 15) is 9.59 Å². The van der Waals surface area contributed by atoms with Gasteiger partial charge in [-0.05, 0) is 19.2 Å². The third-order valence-electron chi connectivity index (χ3n) is 2.51. The van der Waals surface area contributed by atoms with Crippen LogP contribution in [0.3, 0.4) is 0 Å². The van der Waals surface area contributed by atoms with Gasteiger partial charge in [-0.2, -0.15) is 0 Å². The maximum atomic E-state index is 11.4. The monoisotopic (exact) mass is 389 g/mol. The summed E-state index contributed by atoms with van der Waals surface area (Å²) in [5, 5.41) is 9.01. The maximum absolute atomic E-state index is 11.4. The van der Waals surface area contributed by atoms with Gasteiger partial charge in [0, 0.05) is 18.1 Å². The number of ether oxygens (including phenoxy) is 1. The summed E-state index contributed by atoms with van der Waals surface area (Å²) in [7, 11) is 3.19. The molecule has 0 aliphatic carbocycles. The van der Waals surface area contributed by atoms with E-state index in [1.165, 1.54) is 18.4 Å². The second kappa shape index (κ2) is 11.1. The Morgan fingerprint density at radius 3 is 2.67 bits per heavy atom. The minimum atomic E-state index is -0.131. The molecule has 0 aliphatic rings. The lowest BCUT2D eigenvalue weighted by Gasteiger charge is -2.01. The predicted octanol–water partition coefficient (Wildman–Crippen LogP) is 3.11. The summed E-state index contributed by atoms with van der Waals surface area (Å²) in [5.41, 5.74) is 0.869. The van der Waals surface area contributed by atoms with Gasteiger partial charge in [-0.1, -0.05) is 29.3 Å². The molecule has 0 saturated heterocycles. The number of aromatic nitrogens is 1. The van der Waals surface area contributed by atoms with Gasteiger partial charge in [-0.25, -0.2) is 4.98 Å². The van der Waals surface area contributed by atoms with Crippen molar-refractivity contribution in [1.29, 1.82) is 0 Å². The minimum Gasteiger partial charge on any atom is -0.377 e. The maximum Gasteiger partial charge on any atom is 0.239 e. The van der Waals surface area contributed by atoms with E-state index in [1.807, 2.05) is 6.07 Å². The molecule has 2 rings (SSSR count). The molecule has 0 atom stereocenters. The van der Waals surface area contributed by atoms with Crippen molar-refractivity contribution in [2.75, 3.05) is 32.6 Å². The Morgan fingerprint density at radius 2 is 2.12 bits per heavy atom. The Hall–Kier alpha value is -1.51. The van der Waals surface area contributed by atoms with Crippen LogP contribution in [0.25, 0.3) is 10.6 Å².